The molecule has 3 heteroatoms. The van der Waals surface area contributed by atoms with Gasteiger partial charge in [-0.15, -0.1) is 0 Å². The molecule has 0 saturated heterocycles. The zero-order chi connectivity index (χ0) is 11.2. The van der Waals surface area contributed by atoms with E-state index in [2.05, 4.69) is 30.6 Å². The largest absolute Gasteiger partial charge is 0.390 e. The molecule has 1 heterocycles. The first-order valence-electron chi connectivity index (χ1n) is 5.70. The van der Waals surface area contributed by atoms with Gasteiger partial charge >= 0.3 is 0 Å². The summed E-state index contributed by atoms with van der Waals surface area (Å²) < 4.78 is 2.05. The minimum atomic E-state index is -0.416. The van der Waals surface area contributed by atoms with E-state index in [-0.39, 0.29) is 0 Å². The molecule has 0 bridgehead atoms. The van der Waals surface area contributed by atoms with Gasteiger partial charge in [0.05, 0.1) is 11.3 Å². The van der Waals surface area contributed by atoms with Crippen LogP contribution in [-0.4, -0.2) is 20.5 Å². The highest BCUT2D eigenvalue weighted by Gasteiger charge is 2.41. The summed E-state index contributed by atoms with van der Waals surface area (Å²) in [5.74, 6) is 0. The maximum absolute atomic E-state index is 9.94. The van der Waals surface area contributed by atoms with Crippen molar-refractivity contribution in [3.63, 3.8) is 0 Å². The first-order valence-corrected chi connectivity index (χ1v) is 5.70. The van der Waals surface area contributed by atoms with Gasteiger partial charge in [0, 0.05) is 18.2 Å². The number of rotatable bonds is 3. The van der Waals surface area contributed by atoms with E-state index in [0.29, 0.717) is 6.04 Å². The van der Waals surface area contributed by atoms with Gasteiger partial charge in [0.2, 0.25) is 0 Å². The van der Waals surface area contributed by atoms with Crippen LogP contribution < -0.4 is 0 Å². The van der Waals surface area contributed by atoms with Crippen molar-refractivity contribution < 1.29 is 5.11 Å². The van der Waals surface area contributed by atoms with Crippen molar-refractivity contribution in [2.75, 3.05) is 0 Å². The zero-order valence-electron chi connectivity index (χ0n) is 10.0. The van der Waals surface area contributed by atoms with Crippen LogP contribution in [0.5, 0.6) is 0 Å². The Balaban J connectivity index is 2.30. The molecule has 0 aromatic carbocycles. The second-order valence-corrected chi connectivity index (χ2v) is 5.09. The molecule has 3 nitrogen and oxygen atoms in total. The van der Waals surface area contributed by atoms with Crippen molar-refractivity contribution in [2.45, 2.75) is 58.6 Å². The Hall–Kier alpha value is -0.830. The molecule has 0 spiro atoms. The predicted molar refractivity (Wildman–Crippen MR) is 60.0 cm³/mol. The van der Waals surface area contributed by atoms with Crippen LogP contribution in [0, 0.1) is 13.8 Å². The zero-order valence-corrected chi connectivity index (χ0v) is 10.0. The summed E-state index contributed by atoms with van der Waals surface area (Å²) >= 11 is 0. The molecule has 0 radical (unpaired) electrons. The number of aliphatic hydroxyl groups is 1. The van der Waals surface area contributed by atoms with Crippen LogP contribution in [0.4, 0.5) is 0 Å². The minimum absolute atomic E-state index is 0.395. The summed E-state index contributed by atoms with van der Waals surface area (Å²) in [4.78, 5) is 0. The normalized spacial score (nSPS) is 18.5. The maximum Gasteiger partial charge on any atom is 0.0691 e. The molecule has 1 N–H and O–H groups in total. The summed E-state index contributed by atoms with van der Waals surface area (Å²) in [6, 6.07) is 0.395. The van der Waals surface area contributed by atoms with Gasteiger partial charge in [0.15, 0.2) is 0 Å². The smallest absolute Gasteiger partial charge is 0.0691 e. The van der Waals surface area contributed by atoms with Gasteiger partial charge in [-0.3, -0.25) is 4.68 Å². The van der Waals surface area contributed by atoms with Crippen molar-refractivity contribution >= 4 is 0 Å². The van der Waals surface area contributed by atoms with Gasteiger partial charge < -0.3 is 5.11 Å². The van der Waals surface area contributed by atoms with Crippen molar-refractivity contribution in [1.29, 1.82) is 0 Å². The third-order valence-corrected chi connectivity index (χ3v) is 3.30. The molecule has 1 aromatic rings. The number of aryl methyl sites for hydroxylation is 1. The first-order chi connectivity index (χ1) is 6.93. The molecule has 0 unspecified atom stereocenters. The molecule has 0 amide bonds. The van der Waals surface area contributed by atoms with E-state index in [4.69, 9.17) is 0 Å². The van der Waals surface area contributed by atoms with Crippen molar-refractivity contribution in [3.05, 3.63) is 17.0 Å². The topological polar surface area (TPSA) is 38.0 Å². The van der Waals surface area contributed by atoms with Crippen LogP contribution >= 0.6 is 0 Å². The summed E-state index contributed by atoms with van der Waals surface area (Å²) in [5, 5.41) is 14.5. The Morgan fingerprint density at radius 2 is 2.00 bits per heavy atom. The van der Waals surface area contributed by atoms with E-state index < -0.39 is 5.60 Å². The van der Waals surface area contributed by atoms with Gasteiger partial charge in [-0.25, -0.2) is 0 Å². The van der Waals surface area contributed by atoms with E-state index in [9.17, 15) is 5.11 Å². The van der Waals surface area contributed by atoms with Crippen molar-refractivity contribution in [2.24, 2.45) is 0 Å². The molecular formula is C12H20N2O. The van der Waals surface area contributed by atoms with Crippen LogP contribution in [0.3, 0.4) is 0 Å². The fraction of sp³-hybridized carbons (Fsp3) is 0.750. The Morgan fingerprint density at radius 1 is 1.40 bits per heavy atom. The molecule has 1 aromatic heterocycles. The van der Waals surface area contributed by atoms with Gasteiger partial charge in [0.1, 0.15) is 0 Å². The summed E-state index contributed by atoms with van der Waals surface area (Å²) in [6.45, 7) is 8.40. The number of aromatic nitrogens is 2. The van der Waals surface area contributed by atoms with Crippen LogP contribution in [0.25, 0.3) is 0 Å². The first kappa shape index (κ1) is 10.7. The molecule has 1 fully saturated rings. The fourth-order valence-electron chi connectivity index (χ4n) is 2.11. The average molecular weight is 208 g/mol. The standard InChI is InChI=1S/C12H20N2O/c1-8(2)14-10(4)11(9(3)13-14)7-12(15)5-6-12/h8,15H,5-7H2,1-4H3. The van der Waals surface area contributed by atoms with Crippen molar-refractivity contribution in [1.82, 2.24) is 9.78 Å². The lowest BCUT2D eigenvalue weighted by atomic mass is 10.0. The lowest BCUT2D eigenvalue weighted by Crippen LogP contribution is -2.12. The Morgan fingerprint density at radius 3 is 2.40 bits per heavy atom. The molecule has 1 aliphatic rings. The predicted octanol–water partition coefficient (Wildman–Crippen LogP) is 2.15. The van der Waals surface area contributed by atoms with Crippen LogP contribution in [0.15, 0.2) is 0 Å². The van der Waals surface area contributed by atoms with E-state index in [1.54, 1.807) is 0 Å². The van der Waals surface area contributed by atoms with Gasteiger partial charge in [0.25, 0.3) is 0 Å². The van der Waals surface area contributed by atoms with E-state index in [0.717, 1.165) is 25.0 Å². The summed E-state index contributed by atoms with van der Waals surface area (Å²) in [5.41, 5.74) is 3.11. The monoisotopic (exact) mass is 208 g/mol. The Bertz CT molecular complexity index is 375. The molecule has 1 aliphatic carbocycles. The fourth-order valence-corrected chi connectivity index (χ4v) is 2.11. The highest BCUT2D eigenvalue weighted by Crippen LogP contribution is 2.39. The van der Waals surface area contributed by atoms with Gasteiger partial charge in [-0.2, -0.15) is 5.10 Å². The molecule has 2 rings (SSSR count). The minimum Gasteiger partial charge on any atom is -0.390 e. The molecular weight excluding hydrogens is 188 g/mol. The highest BCUT2D eigenvalue weighted by molar-refractivity contribution is 5.28. The third kappa shape index (κ3) is 1.93. The lowest BCUT2D eigenvalue weighted by molar-refractivity contribution is 0.150. The van der Waals surface area contributed by atoms with E-state index in [1.807, 2.05) is 6.92 Å². The second-order valence-electron chi connectivity index (χ2n) is 5.09. The number of nitrogens with zero attached hydrogens (tertiary/aromatic N) is 2. The third-order valence-electron chi connectivity index (χ3n) is 3.30. The Labute approximate surface area is 91.1 Å². The highest BCUT2D eigenvalue weighted by atomic mass is 16.3. The molecule has 0 aliphatic heterocycles. The molecule has 1 saturated carbocycles. The number of hydrogen-bond donors (Lipinski definition) is 1. The SMILES string of the molecule is Cc1nn(C(C)C)c(C)c1CC1(O)CC1. The average Bonchev–Trinajstić information content (AvgIpc) is 2.81. The number of hydrogen-bond acceptors (Lipinski definition) is 2. The second kappa shape index (κ2) is 3.34. The van der Waals surface area contributed by atoms with Gasteiger partial charge in [-0.05, 0) is 46.1 Å². The maximum atomic E-state index is 9.94. The molecule has 0 atom stereocenters. The van der Waals surface area contributed by atoms with Gasteiger partial charge in [-0.1, -0.05) is 0 Å². The quantitative estimate of drug-likeness (QED) is 0.826. The van der Waals surface area contributed by atoms with Crippen LogP contribution in [0.1, 0.15) is 49.7 Å². The summed E-state index contributed by atoms with van der Waals surface area (Å²) in [7, 11) is 0. The lowest BCUT2D eigenvalue weighted by Gasteiger charge is -2.10. The Kier molecular flexibility index (Phi) is 2.38. The van der Waals surface area contributed by atoms with E-state index >= 15 is 0 Å². The molecule has 15 heavy (non-hydrogen) atoms. The van der Waals surface area contributed by atoms with Crippen LogP contribution in [-0.2, 0) is 6.42 Å². The van der Waals surface area contributed by atoms with Crippen LogP contribution in [0.2, 0.25) is 0 Å². The van der Waals surface area contributed by atoms with E-state index in [1.165, 1.54) is 11.3 Å². The van der Waals surface area contributed by atoms with Crippen molar-refractivity contribution in [3.8, 4) is 0 Å². The molecule has 84 valence electrons. The summed E-state index contributed by atoms with van der Waals surface area (Å²) in [6.07, 6.45) is 2.66.